The fourth-order valence-corrected chi connectivity index (χ4v) is 2.04. The predicted molar refractivity (Wildman–Crippen MR) is 61.7 cm³/mol. The van der Waals surface area contributed by atoms with Crippen molar-refractivity contribution in [3.63, 3.8) is 0 Å². The maximum Gasteiger partial charge on any atom is 0.247 e. The van der Waals surface area contributed by atoms with Gasteiger partial charge in [-0.1, -0.05) is 0 Å². The lowest BCUT2D eigenvalue weighted by atomic mass is 9.97. The first-order valence-corrected chi connectivity index (χ1v) is 5.67. The Bertz CT molecular complexity index is 289. The van der Waals surface area contributed by atoms with Gasteiger partial charge in [0.2, 0.25) is 11.8 Å². The van der Waals surface area contributed by atoms with E-state index in [1.165, 1.54) is 0 Å². The van der Waals surface area contributed by atoms with Crippen molar-refractivity contribution in [3.8, 4) is 0 Å². The molecule has 0 aromatic heterocycles. The first kappa shape index (κ1) is 13.0. The zero-order valence-electron chi connectivity index (χ0n) is 10.3. The van der Waals surface area contributed by atoms with Gasteiger partial charge < -0.3 is 15.5 Å². The van der Waals surface area contributed by atoms with Crippen molar-refractivity contribution in [3.05, 3.63) is 0 Å². The molecule has 5 nitrogen and oxygen atoms in total. The highest BCUT2D eigenvalue weighted by Crippen LogP contribution is 2.22. The molecule has 0 aliphatic carbocycles. The first-order valence-electron chi connectivity index (χ1n) is 5.67. The van der Waals surface area contributed by atoms with Gasteiger partial charge in [-0.3, -0.25) is 9.59 Å². The van der Waals surface area contributed by atoms with Crippen LogP contribution in [0.25, 0.3) is 0 Å². The van der Waals surface area contributed by atoms with Crippen molar-refractivity contribution in [2.45, 2.75) is 32.2 Å². The molecule has 0 aromatic rings. The lowest BCUT2D eigenvalue weighted by molar-refractivity contribution is -0.157. The molecule has 0 aromatic carbocycles. The SMILES string of the molecule is CN1CCN(C(=O)CCCN)C(C)(C)C1=O. The van der Waals surface area contributed by atoms with E-state index in [2.05, 4.69) is 0 Å². The Labute approximate surface area is 96.6 Å². The van der Waals surface area contributed by atoms with Gasteiger partial charge in [0.1, 0.15) is 5.54 Å². The normalized spacial score (nSPS) is 20.1. The van der Waals surface area contributed by atoms with Gasteiger partial charge in [-0.05, 0) is 26.8 Å². The summed E-state index contributed by atoms with van der Waals surface area (Å²) in [4.78, 5) is 27.2. The molecule has 1 saturated heterocycles. The second-order valence-corrected chi connectivity index (χ2v) is 4.72. The molecule has 0 atom stereocenters. The third-order valence-electron chi connectivity index (χ3n) is 3.10. The van der Waals surface area contributed by atoms with Crippen LogP contribution in [0.5, 0.6) is 0 Å². The van der Waals surface area contributed by atoms with Gasteiger partial charge in [0, 0.05) is 26.6 Å². The number of nitrogens with zero attached hydrogens (tertiary/aromatic N) is 2. The number of rotatable bonds is 3. The summed E-state index contributed by atoms with van der Waals surface area (Å²) in [5.41, 5.74) is 4.65. The second-order valence-electron chi connectivity index (χ2n) is 4.72. The maximum atomic E-state index is 11.9. The van der Waals surface area contributed by atoms with E-state index in [-0.39, 0.29) is 11.8 Å². The Kier molecular flexibility index (Phi) is 3.91. The van der Waals surface area contributed by atoms with Crippen LogP contribution in [-0.2, 0) is 9.59 Å². The molecule has 16 heavy (non-hydrogen) atoms. The molecule has 0 radical (unpaired) electrons. The molecule has 92 valence electrons. The van der Waals surface area contributed by atoms with Crippen molar-refractivity contribution in [2.75, 3.05) is 26.7 Å². The minimum atomic E-state index is -0.724. The lowest BCUT2D eigenvalue weighted by Crippen LogP contribution is -2.63. The number of likely N-dealkylation sites (N-methyl/N-ethyl adjacent to an activating group) is 1. The largest absolute Gasteiger partial charge is 0.342 e. The first-order chi connectivity index (χ1) is 7.41. The van der Waals surface area contributed by atoms with Gasteiger partial charge in [0.25, 0.3) is 0 Å². The van der Waals surface area contributed by atoms with Gasteiger partial charge >= 0.3 is 0 Å². The zero-order valence-corrected chi connectivity index (χ0v) is 10.3. The van der Waals surface area contributed by atoms with E-state index in [9.17, 15) is 9.59 Å². The summed E-state index contributed by atoms with van der Waals surface area (Å²) in [6.45, 7) is 5.32. The van der Waals surface area contributed by atoms with E-state index in [0.717, 1.165) is 0 Å². The molecule has 0 bridgehead atoms. The standard InChI is InChI=1S/C11H21N3O2/c1-11(2)10(16)13(3)7-8-14(11)9(15)5-4-6-12/h4-8,12H2,1-3H3. The van der Waals surface area contributed by atoms with Gasteiger partial charge in [-0.2, -0.15) is 0 Å². The monoisotopic (exact) mass is 227 g/mol. The number of carbonyl (C=O) groups excluding carboxylic acids is 2. The molecule has 1 aliphatic heterocycles. The Morgan fingerprint density at radius 1 is 1.44 bits per heavy atom. The van der Waals surface area contributed by atoms with Crippen LogP contribution in [0.2, 0.25) is 0 Å². The summed E-state index contributed by atoms with van der Waals surface area (Å²) in [5.74, 6) is 0.0248. The Morgan fingerprint density at radius 3 is 2.62 bits per heavy atom. The number of carbonyl (C=O) groups is 2. The molecular formula is C11H21N3O2. The van der Waals surface area contributed by atoms with Gasteiger partial charge in [0.05, 0.1) is 0 Å². The average molecular weight is 227 g/mol. The quantitative estimate of drug-likeness (QED) is 0.726. The number of nitrogens with two attached hydrogens (primary N) is 1. The van der Waals surface area contributed by atoms with Crippen molar-refractivity contribution >= 4 is 11.8 Å². The topological polar surface area (TPSA) is 66.6 Å². The van der Waals surface area contributed by atoms with E-state index in [1.807, 2.05) is 0 Å². The lowest BCUT2D eigenvalue weighted by Gasteiger charge is -2.44. The van der Waals surface area contributed by atoms with Crippen LogP contribution in [0.1, 0.15) is 26.7 Å². The van der Waals surface area contributed by atoms with Crippen molar-refractivity contribution in [1.82, 2.24) is 9.80 Å². The van der Waals surface area contributed by atoms with Crippen LogP contribution in [0.4, 0.5) is 0 Å². The third kappa shape index (κ3) is 2.35. The van der Waals surface area contributed by atoms with Crippen LogP contribution in [0.3, 0.4) is 0 Å². The smallest absolute Gasteiger partial charge is 0.247 e. The summed E-state index contributed by atoms with van der Waals surface area (Å²) in [7, 11) is 1.77. The van der Waals surface area contributed by atoms with Crippen LogP contribution in [0, 0.1) is 0 Å². The Morgan fingerprint density at radius 2 is 2.06 bits per heavy atom. The molecule has 1 aliphatic rings. The molecule has 1 rings (SSSR count). The molecule has 5 heteroatoms. The molecule has 1 fully saturated rings. The van der Waals surface area contributed by atoms with E-state index in [0.29, 0.717) is 32.5 Å². The summed E-state index contributed by atoms with van der Waals surface area (Å²) < 4.78 is 0. The van der Waals surface area contributed by atoms with Crippen LogP contribution >= 0.6 is 0 Å². The highest BCUT2D eigenvalue weighted by Gasteiger charge is 2.42. The highest BCUT2D eigenvalue weighted by molar-refractivity contribution is 5.91. The summed E-state index contributed by atoms with van der Waals surface area (Å²) in [6, 6.07) is 0. The van der Waals surface area contributed by atoms with Gasteiger partial charge in [0.15, 0.2) is 0 Å². The van der Waals surface area contributed by atoms with Crippen LogP contribution in [0.15, 0.2) is 0 Å². The van der Waals surface area contributed by atoms with Crippen molar-refractivity contribution in [2.24, 2.45) is 5.73 Å². The number of amides is 2. The molecule has 2 amide bonds. The molecule has 2 N–H and O–H groups in total. The molecule has 0 saturated carbocycles. The average Bonchev–Trinajstić information content (AvgIpc) is 2.23. The van der Waals surface area contributed by atoms with E-state index in [4.69, 9.17) is 5.73 Å². The molecular weight excluding hydrogens is 206 g/mol. The van der Waals surface area contributed by atoms with Crippen molar-refractivity contribution < 1.29 is 9.59 Å². The van der Waals surface area contributed by atoms with E-state index >= 15 is 0 Å². The minimum absolute atomic E-state index is 0.000140. The number of piperazine rings is 1. The molecule has 0 unspecified atom stereocenters. The summed E-state index contributed by atoms with van der Waals surface area (Å²) in [6.07, 6.45) is 1.10. The van der Waals surface area contributed by atoms with Gasteiger partial charge in [-0.15, -0.1) is 0 Å². The van der Waals surface area contributed by atoms with Crippen molar-refractivity contribution in [1.29, 1.82) is 0 Å². The highest BCUT2D eigenvalue weighted by atomic mass is 16.2. The maximum absolute atomic E-state index is 11.9. The second kappa shape index (κ2) is 4.82. The zero-order chi connectivity index (χ0) is 12.3. The predicted octanol–water partition coefficient (Wildman–Crippen LogP) is -0.195. The molecule has 0 spiro atoms. The van der Waals surface area contributed by atoms with E-state index < -0.39 is 5.54 Å². The number of hydrogen-bond donors (Lipinski definition) is 1. The number of hydrogen-bond acceptors (Lipinski definition) is 3. The van der Waals surface area contributed by atoms with Crippen LogP contribution in [-0.4, -0.2) is 53.8 Å². The van der Waals surface area contributed by atoms with Gasteiger partial charge in [-0.25, -0.2) is 0 Å². The third-order valence-corrected chi connectivity index (χ3v) is 3.10. The van der Waals surface area contributed by atoms with Crippen LogP contribution < -0.4 is 5.73 Å². The van der Waals surface area contributed by atoms with E-state index in [1.54, 1.807) is 30.7 Å². The molecule has 1 heterocycles. The fraction of sp³-hybridized carbons (Fsp3) is 0.818. The Balaban J connectivity index is 2.73. The summed E-state index contributed by atoms with van der Waals surface area (Å²) >= 11 is 0. The fourth-order valence-electron chi connectivity index (χ4n) is 2.04. The minimum Gasteiger partial charge on any atom is -0.342 e. The summed E-state index contributed by atoms with van der Waals surface area (Å²) in [5, 5.41) is 0. The Hall–Kier alpha value is -1.10.